The lowest BCUT2D eigenvalue weighted by Gasteiger charge is -2.33. The lowest BCUT2D eigenvalue weighted by molar-refractivity contribution is -0.144. The largest absolute Gasteiger partial charge is 0.466 e. The summed E-state index contributed by atoms with van der Waals surface area (Å²) in [5, 5.41) is 0. The normalized spacial score (nSPS) is 21.7. The third kappa shape index (κ3) is 3.81. The standard InChI is InChI=1S/C11H20N2O3/c1-2-16-10(14)6-8-13-7-4-3-5-9(13)11(12)15/h9H,2-8H2,1H3,(H2,12,15). The number of primary amides is 1. The number of nitrogens with two attached hydrogens (primary N) is 1. The molecule has 0 saturated carbocycles. The Hall–Kier alpha value is -1.10. The van der Waals surface area contributed by atoms with E-state index >= 15 is 0 Å². The van der Waals surface area contributed by atoms with E-state index in [2.05, 4.69) is 0 Å². The van der Waals surface area contributed by atoms with E-state index in [4.69, 9.17) is 10.5 Å². The van der Waals surface area contributed by atoms with Crippen molar-refractivity contribution in [1.82, 2.24) is 4.90 Å². The van der Waals surface area contributed by atoms with Gasteiger partial charge < -0.3 is 10.5 Å². The van der Waals surface area contributed by atoms with Gasteiger partial charge in [0, 0.05) is 6.54 Å². The van der Waals surface area contributed by atoms with E-state index in [0.29, 0.717) is 19.6 Å². The molecule has 1 rings (SSSR count). The lowest BCUT2D eigenvalue weighted by Crippen LogP contribution is -2.48. The van der Waals surface area contributed by atoms with Gasteiger partial charge in [-0.25, -0.2) is 0 Å². The number of carbonyl (C=O) groups is 2. The number of esters is 1. The van der Waals surface area contributed by atoms with Crippen molar-refractivity contribution in [2.45, 2.75) is 38.6 Å². The van der Waals surface area contributed by atoms with Gasteiger partial charge in [0.25, 0.3) is 0 Å². The number of amides is 1. The van der Waals surface area contributed by atoms with Gasteiger partial charge in [-0.2, -0.15) is 0 Å². The van der Waals surface area contributed by atoms with Crippen LogP contribution in [0.15, 0.2) is 0 Å². The fraction of sp³-hybridized carbons (Fsp3) is 0.818. The smallest absolute Gasteiger partial charge is 0.307 e. The van der Waals surface area contributed by atoms with Crippen molar-refractivity contribution >= 4 is 11.9 Å². The summed E-state index contributed by atoms with van der Waals surface area (Å²) in [7, 11) is 0. The van der Waals surface area contributed by atoms with E-state index in [9.17, 15) is 9.59 Å². The Morgan fingerprint density at radius 3 is 2.81 bits per heavy atom. The first-order valence-electron chi connectivity index (χ1n) is 5.84. The van der Waals surface area contributed by atoms with E-state index in [1.807, 2.05) is 4.90 Å². The van der Waals surface area contributed by atoms with Crippen molar-refractivity contribution in [1.29, 1.82) is 0 Å². The van der Waals surface area contributed by atoms with Gasteiger partial charge in [-0.1, -0.05) is 6.42 Å². The number of hydrogen-bond donors (Lipinski definition) is 1. The van der Waals surface area contributed by atoms with Gasteiger partial charge in [0.15, 0.2) is 0 Å². The summed E-state index contributed by atoms with van der Waals surface area (Å²) in [5.74, 6) is -0.500. The number of carbonyl (C=O) groups excluding carboxylic acids is 2. The molecule has 0 aromatic heterocycles. The van der Waals surface area contributed by atoms with Gasteiger partial charge in [0.1, 0.15) is 0 Å². The minimum absolute atomic E-state index is 0.205. The molecule has 16 heavy (non-hydrogen) atoms. The number of hydrogen-bond acceptors (Lipinski definition) is 4. The van der Waals surface area contributed by atoms with Crippen molar-refractivity contribution in [3.05, 3.63) is 0 Å². The van der Waals surface area contributed by atoms with Crippen molar-refractivity contribution in [3.8, 4) is 0 Å². The number of nitrogens with zero attached hydrogens (tertiary/aromatic N) is 1. The van der Waals surface area contributed by atoms with E-state index in [1.165, 1.54) is 0 Å². The molecule has 1 amide bonds. The van der Waals surface area contributed by atoms with Gasteiger partial charge in [-0.3, -0.25) is 14.5 Å². The summed E-state index contributed by atoms with van der Waals surface area (Å²) in [6, 6.07) is -0.205. The van der Waals surface area contributed by atoms with Crippen molar-refractivity contribution in [3.63, 3.8) is 0 Å². The predicted octanol–water partition coefficient (Wildman–Crippen LogP) is 0.279. The molecule has 0 aromatic rings. The molecule has 0 radical (unpaired) electrons. The Bertz CT molecular complexity index is 256. The quantitative estimate of drug-likeness (QED) is 0.686. The third-order valence-corrected chi connectivity index (χ3v) is 2.85. The molecular formula is C11H20N2O3. The zero-order valence-corrected chi connectivity index (χ0v) is 9.78. The molecule has 0 aliphatic carbocycles. The maximum Gasteiger partial charge on any atom is 0.307 e. The van der Waals surface area contributed by atoms with E-state index in [1.54, 1.807) is 6.92 Å². The molecule has 1 heterocycles. The zero-order valence-electron chi connectivity index (χ0n) is 9.78. The van der Waals surface area contributed by atoms with Crippen LogP contribution in [-0.4, -0.2) is 42.5 Å². The Balaban J connectivity index is 2.38. The first kappa shape index (κ1) is 13.0. The van der Waals surface area contributed by atoms with Gasteiger partial charge in [0.2, 0.25) is 5.91 Å². The summed E-state index contributed by atoms with van der Waals surface area (Å²) in [5.41, 5.74) is 5.33. The minimum atomic E-state index is -0.288. The molecule has 2 N–H and O–H groups in total. The molecule has 1 saturated heterocycles. The Kier molecular flexibility index (Phi) is 5.25. The van der Waals surface area contributed by atoms with E-state index in [0.717, 1.165) is 25.8 Å². The van der Waals surface area contributed by atoms with Crippen LogP contribution in [0.25, 0.3) is 0 Å². The topological polar surface area (TPSA) is 72.6 Å². The van der Waals surface area contributed by atoms with Crippen molar-refractivity contribution in [2.75, 3.05) is 19.7 Å². The SMILES string of the molecule is CCOC(=O)CCN1CCCCC1C(N)=O. The Morgan fingerprint density at radius 2 is 2.19 bits per heavy atom. The highest BCUT2D eigenvalue weighted by Gasteiger charge is 2.26. The first-order chi connectivity index (χ1) is 7.65. The van der Waals surface area contributed by atoms with Crippen LogP contribution in [0.5, 0.6) is 0 Å². The van der Waals surface area contributed by atoms with Crippen LogP contribution in [0.2, 0.25) is 0 Å². The molecule has 1 fully saturated rings. The highest BCUT2D eigenvalue weighted by atomic mass is 16.5. The molecular weight excluding hydrogens is 208 g/mol. The fourth-order valence-corrected chi connectivity index (χ4v) is 2.05. The van der Waals surface area contributed by atoms with Crippen molar-refractivity contribution < 1.29 is 14.3 Å². The number of ether oxygens (including phenoxy) is 1. The predicted molar refractivity (Wildman–Crippen MR) is 59.7 cm³/mol. The summed E-state index contributed by atoms with van der Waals surface area (Å²) >= 11 is 0. The average Bonchev–Trinajstić information content (AvgIpc) is 2.27. The summed E-state index contributed by atoms with van der Waals surface area (Å²) in [6.45, 7) is 3.59. The number of piperidine rings is 1. The second-order valence-electron chi connectivity index (χ2n) is 4.00. The second-order valence-corrected chi connectivity index (χ2v) is 4.00. The van der Waals surface area contributed by atoms with Crippen LogP contribution >= 0.6 is 0 Å². The molecule has 1 atom stereocenters. The Labute approximate surface area is 95.9 Å². The van der Waals surface area contributed by atoms with Gasteiger partial charge in [-0.15, -0.1) is 0 Å². The Morgan fingerprint density at radius 1 is 1.44 bits per heavy atom. The molecule has 0 aromatic carbocycles. The molecule has 5 heteroatoms. The maximum atomic E-state index is 11.2. The van der Waals surface area contributed by atoms with Gasteiger partial charge in [-0.05, 0) is 26.3 Å². The monoisotopic (exact) mass is 228 g/mol. The van der Waals surface area contributed by atoms with Crippen molar-refractivity contribution in [2.24, 2.45) is 5.73 Å². The van der Waals surface area contributed by atoms with Crippen LogP contribution in [0.1, 0.15) is 32.6 Å². The highest BCUT2D eigenvalue weighted by Crippen LogP contribution is 2.16. The van der Waals surface area contributed by atoms with Crippen LogP contribution in [-0.2, 0) is 14.3 Å². The summed E-state index contributed by atoms with van der Waals surface area (Å²) in [6.07, 6.45) is 3.23. The lowest BCUT2D eigenvalue weighted by atomic mass is 10.0. The molecule has 1 aliphatic rings. The zero-order chi connectivity index (χ0) is 12.0. The van der Waals surface area contributed by atoms with Crippen LogP contribution in [0, 0.1) is 0 Å². The maximum absolute atomic E-state index is 11.2. The van der Waals surface area contributed by atoms with E-state index < -0.39 is 0 Å². The minimum Gasteiger partial charge on any atom is -0.466 e. The number of rotatable bonds is 5. The van der Waals surface area contributed by atoms with Crippen LogP contribution < -0.4 is 5.73 Å². The third-order valence-electron chi connectivity index (χ3n) is 2.85. The molecule has 5 nitrogen and oxygen atoms in total. The molecule has 0 bridgehead atoms. The first-order valence-corrected chi connectivity index (χ1v) is 5.84. The van der Waals surface area contributed by atoms with E-state index in [-0.39, 0.29) is 17.9 Å². The molecule has 92 valence electrons. The molecule has 1 aliphatic heterocycles. The van der Waals surface area contributed by atoms with Crippen LogP contribution in [0.4, 0.5) is 0 Å². The van der Waals surface area contributed by atoms with Gasteiger partial charge >= 0.3 is 5.97 Å². The average molecular weight is 228 g/mol. The highest BCUT2D eigenvalue weighted by molar-refractivity contribution is 5.80. The molecule has 0 spiro atoms. The summed E-state index contributed by atoms with van der Waals surface area (Å²) in [4.78, 5) is 24.4. The van der Waals surface area contributed by atoms with Gasteiger partial charge in [0.05, 0.1) is 19.1 Å². The van der Waals surface area contributed by atoms with Crippen LogP contribution in [0.3, 0.4) is 0 Å². The molecule has 1 unspecified atom stereocenters. The fourth-order valence-electron chi connectivity index (χ4n) is 2.05. The second kappa shape index (κ2) is 6.48. The number of likely N-dealkylation sites (tertiary alicyclic amines) is 1. The summed E-state index contributed by atoms with van der Waals surface area (Å²) < 4.78 is 4.85.